The number of H-pyrrole nitrogens is 1. The van der Waals surface area contributed by atoms with Gasteiger partial charge in [-0.15, -0.1) is 0 Å². The lowest BCUT2D eigenvalue weighted by molar-refractivity contribution is 0.132. The summed E-state index contributed by atoms with van der Waals surface area (Å²) in [7, 11) is 0. The second-order valence-corrected chi connectivity index (χ2v) is 6.63. The van der Waals surface area contributed by atoms with Crippen LogP contribution in [0.4, 0.5) is 5.82 Å². The molecule has 1 aromatic carbocycles. The molecule has 0 bridgehead atoms. The predicted molar refractivity (Wildman–Crippen MR) is 104 cm³/mol. The highest BCUT2D eigenvalue weighted by molar-refractivity contribution is 5.80. The first kappa shape index (κ1) is 18.7. The van der Waals surface area contributed by atoms with Gasteiger partial charge >= 0.3 is 0 Å². The molecule has 1 aliphatic rings. The lowest BCUT2D eigenvalue weighted by Crippen LogP contribution is -2.45. The standard InChI is InChI=1S/C20H22N6O/c1-2-25-6-8-26(9-7-25)13-14-4-3-5-15(10-14)18-16(11-21)19(23)24-20(27)17(18)12-22/h3-5,10H,2,6-9,13H2,1H3,(H3,23,24,27). The van der Waals surface area contributed by atoms with Gasteiger partial charge in [0.1, 0.15) is 29.1 Å². The molecule has 1 aromatic heterocycles. The van der Waals surface area contributed by atoms with E-state index in [1.54, 1.807) is 6.07 Å². The van der Waals surface area contributed by atoms with Crippen LogP contribution in [0.5, 0.6) is 0 Å². The molecule has 27 heavy (non-hydrogen) atoms. The van der Waals surface area contributed by atoms with Gasteiger partial charge in [0.05, 0.1) is 0 Å². The average Bonchev–Trinajstić information content (AvgIpc) is 2.68. The number of nitrogens with zero attached hydrogens (tertiary/aromatic N) is 4. The molecule has 3 N–H and O–H groups in total. The zero-order chi connectivity index (χ0) is 19.4. The molecule has 2 aromatic rings. The number of pyridine rings is 1. The maximum atomic E-state index is 12.1. The van der Waals surface area contributed by atoms with Gasteiger partial charge < -0.3 is 15.6 Å². The van der Waals surface area contributed by atoms with Crippen molar-refractivity contribution in [2.24, 2.45) is 0 Å². The molecule has 0 amide bonds. The van der Waals surface area contributed by atoms with Crippen LogP contribution in [0.15, 0.2) is 29.1 Å². The molecule has 0 saturated carbocycles. The van der Waals surface area contributed by atoms with Gasteiger partial charge in [-0.2, -0.15) is 10.5 Å². The van der Waals surface area contributed by atoms with Crippen molar-refractivity contribution in [1.82, 2.24) is 14.8 Å². The number of hydrogen-bond donors (Lipinski definition) is 2. The third kappa shape index (κ3) is 3.85. The summed E-state index contributed by atoms with van der Waals surface area (Å²) in [6.45, 7) is 8.14. The molecule has 0 unspecified atom stereocenters. The minimum absolute atomic E-state index is 0.0161. The molecule has 2 heterocycles. The van der Waals surface area contributed by atoms with Crippen molar-refractivity contribution in [2.75, 3.05) is 38.5 Å². The Morgan fingerprint density at radius 2 is 1.78 bits per heavy atom. The Labute approximate surface area is 158 Å². The van der Waals surface area contributed by atoms with E-state index in [2.05, 4.69) is 21.7 Å². The molecule has 3 rings (SSSR count). The van der Waals surface area contributed by atoms with Crippen molar-refractivity contribution < 1.29 is 0 Å². The van der Waals surface area contributed by atoms with E-state index in [-0.39, 0.29) is 16.9 Å². The van der Waals surface area contributed by atoms with Crippen LogP contribution in [0, 0.1) is 22.7 Å². The van der Waals surface area contributed by atoms with E-state index >= 15 is 0 Å². The van der Waals surface area contributed by atoms with Gasteiger partial charge in [-0.3, -0.25) is 9.69 Å². The molecule has 0 radical (unpaired) electrons. The second-order valence-electron chi connectivity index (χ2n) is 6.63. The predicted octanol–water partition coefficient (Wildman–Crippen LogP) is 1.50. The first-order valence-corrected chi connectivity index (χ1v) is 8.97. The van der Waals surface area contributed by atoms with Crippen LogP contribution in [-0.4, -0.2) is 47.5 Å². The van der Waals surface area contributed by atoms with E-state index in [1.807, 2.05) is 30.3 Å². The lowest BCUT2D eigenvalue weighted by atomic mass is 9.95. The molecule has 1 aliphatic heterocycles. The number of nitrogens with two attached hydrogens (primary N) is 1. The SMILES string of the molecule is CCN1CCN(Cc2cccc(-c3c(C#N)c(N)[nH]c(=O)c3C#N)c2)CC1. The van der Waals surface area contributed by atoms with Gasteiger partial charge in [-0.25, -0.2) is 0 Å². The number of piperazine rings is 1. The summed E-state index contributed by atoms with van der Waals surface area (Å²) < 4.78 is 0. The van der Waals surface area contributed by atoms with E-state index in [4.69, 9.17) is 5.73 Å². The molecule has 0 atom stereocenters. The van der Waals surface area contributed by atoms with E-state index < -0.39 is 5.56 Å². The highest BCUT2D eigenvalue weighted by Gasteiger charge is 2.19. The number of likely N-dealkylation sites (N-methyl/N-ethyl adjacent to an activating group) is 1. The summed E-state index contributed by atoms with van der Waals surface area (Å²) in [6, 6.07) is 11.6. The summed E-state index contributed by atoms with van der Waals surface area (Å²) in [4.78, 5) is 19.3. The van der Waals surface area contributed by atoms with Crippen LogP contribution >= 0.6 is 0 Å². The number of nitriles is 2. The largest absolute Gasteiger partial charge is 0.384 e. The fraction of sp³-hybridized carbons (Fsp3) is 0.350. The van der Waals surface area contributed by atoms with Gasteiger partial charge in [0.15, 0.2) is 0 Å². The number of rotatable bonds is 4. The Morgan fingerprint density at radius 3 is 2.41 bits per heavy atom. The first-order chi connectivity index (χ1) is 13.1. The number of aromatic amines is 1. The van der Waals surface area contributed by atoms with E-state index in [9.17, 15) is 15.3 Å². The number of anilines is 1. The van der Waals surface area contributed by atoms with Crippen molar-refractivity contribution in [3.05, 3.63) is 51.3 Å². The molecule has 1 saturated heterocycles. The number of nitrogen functional groups attached to an aromatic ring is 1. The topological polar surface area (TPSA) is 113 Å². The van der Waals surface area contributed by atoms with Crippen LogP contribution in [0.2, 0.25) is 0 Å². The molecule has 7 nitrogen and oxygen atoms in total. The first-order valence-electron chi connectivity index (χ1n) is 8.97. The van der Waals surface area contributed by atoms with Crippen molar-refractivity contribution in [3.8, 4) is 23.3 Å². The fourth-order valence-corrected chi connectivity index (χ4v) is 3.48. The summed E-state index contributed by atoms with van der Waals surface area (Å²) in [5.41, 5.74) is 7.30. The monoisotopic (exact) mass is 362 g/mol. The molecular formula is C20H22N6O. The highest BCUT2D eigenvalue weighted by atomic mass is 16.1. The zero-order valence-electron chi connectivity index (χ0n) is 15.3. The fourth-order valence-electron chi connectivity index (χ4n) is 3.48. The highest BCUT2D eigenvalue weighted by Crippen LogP contribution is 2.29. The van der Waals surface area contributed by atoms with Crippen LogP contribution in [0.3, 0.4) is 0 Å². The molecule has 1 fully saturated rings. The Morgan fingerprint density at radius 1 is 1.11 bits per heavy atom. The number of aromatic nitrogens is 1. The molecule has 0 aliphatic carbocycles. The molecule has 138 valence electrons. The number of nitrogens with one attached hydrogen (secondary N) is 1. The Kier molecular flexibility index (Phi) is 5.56. The van der Waals surface area contributed by atoms with Crippen molar-refractivity contribution in [2.45, 2.75) is 13.5 Å². The van der Waals surface area contributed by atoms with Gasteiger partial charge in [-0.05, 0) is 23.7 Å². The Bertz CT molecular complexity index is 973. The number of benzene rings is 1. The van der Waals surface area contributed by atoms with E-state index in [0.717, 1.165) is 44.8 Å². The van der Waals surface area contributed by atoms with E-state index in [0.29, 0.717) is 11.1 Å². The summed E-state index contributed by atoms with van der Waals surface area (Å²) in [5.74, 6) is -0.0161. The Balaban J connectivity index is 1.94. The molecule has 7 heteroatoms. The molecular weight excluding hydrogens is 340 g/mol. The number of hydrogen-bond acceptors (Lipinski definition) is 6. The minimum Gasteiger partial charge on any atom is -0.384 e. The van der Waals surface area contributed by atoms with E-state index in [1.165, 1.54) is 0 Å². The lowest BCUT2D eigenvalue weighted by Gasteiger charge is -2.34. The summed E-state index contributed by atoms with van der Waals surface area (Å²) in [6.07, 6.45) is 0. The van der Waals surface area contributed by atoms with Crippen molar-refractivity contribution >= 4 is 5.82 Å². The third-order valence-corrected chi connectivity index (χ3v) is 5.00. The summed E-state index contributed by atoms with van der Waals surface area (Å²) >= 11 is 0. The average molecular weight is 362 g/mol. The van der Waals surface area contributed by atoms with Crippen molar-refractivity contribution in [1.29, 1.82) is 10.5 Å². The molecule has 0 spiro atoms. The van der Waals surface area contributed by atoms with Gasteiger partial charge in [0.2, 0.25) is 0 Å². The third-order valence-electron chi connectivity index (χ3n) is 5.00. The van der Waals surface area contributed by atoms with Crippen LogP contribution in [0.1, 0.15) is 23.6 Å². The second kappa shape index (κ2) is 8.05. The van der Waals surface area contributed by atoms with Crippen LogP contribution in [-0.2, 0) is 6.54 Å². The van der Waals surface area contributed by atoms with Gasteiger partial charge in [0.25, 0.3) is 5.56 Å². The Hall–Kier alpha value is -3.13. The van der Waals surface area contributed by atoms with Crippen molar-refractivity contribution in [3.63, 3.8) is 0 Å². The summed E-state index contributed by atoms with van der Waals surface area (Å²) in [5, 5.41) is 18.9. The maximum Gasteiger partial charge on any atom is 0.268 e. The van der Waals surface area contributed by atoms with Gasteiger partial charge in [-0.1, -0.05) is 25.1 Å². The quantitative estimate of drug-likeness (QED) is 0.852. The zero-order valence-corrected chi connectivity index (χ0v) is 15.3. The normalized spacial score (nSPS) is 15.2. The smallest absolute Gasteiger partial charge is 0.268 e. The van der Waals surface area contributed by atoms with Crippen LogP contribution < -0.4 is 11.3 Å². The minimum atomic E-state index is -0.579. The van der Waals surface area contributed by atoms with Gasteiger partial charge in [0, 0.05) is 38.3 Å². The van der Waals surface area contributed by atoms with Crippen LogP contribution in [0.25, 0.3) is 11.1 Å². The maximum absolute atomic E-state index is 12.1.